The van der Waals surface area contributed by atoms with Crippen molar-refractivity contribution in [3.63, 3.8) is 0 Å². The summed E-state index contributed by atoms with van der Waals surface area (Å²) in [6.07, 6.45) is 1.13. The number of aromatic nitrogens is 1. The lowest BCUT2D eigenvalue weighted by atomic mass is 10.1. The summed E-state index contributed by atoms with van der Waals surface area (Å²) in [5, 5.41) is 6.67. The Hall–Kier alpha value is -2.02. The topological polar surface area (TPSA) is 24.9 Å². The molecule has 27 heavy (non-hydrogen) atoms. The van der Waals surface area contributed by atoms with Gasteiger partial charge in [0.05, 0.1) is 5.69 Å². The molecule has 0 aliphatic heterocycles. The minimum atomic E-state index is -0.392. The van der Waals surface area contributed by atoms with Crippen LogP contribution in [0.3, 0.4) is 0 Å². The minimum absolute atomic E-state index is 0.392. The van der Waals surface area contributed by atoms with Crippen LogP contribution in [0.2, 0.25) is 0 Å². The first-order chi connectivity index (χ1) is 13.1. The second-order valence-corrected chi connectivity index (χ2v) is 9.54. The van der Waals surface area contributed by atoms with Crippen molar-refractivity contribution in [1.82, 2.24) is 10.3 Å². The van der Waals surface area contributed by atoms with E-state index in [2.05, 4.69) is 96.9 Å². The number of hydrogen-bond donors (Lipinski definition) is 1. The summed E-state index contributed by atoms with van der Waals surface area (Å²) in [7, 11) is -0.392. The maximum absolute atomic E-state index is 4.64. The number of nitrogens with one attached hydrogen (secondary N) is 1. The van der Waals surface area contributed by atoms with E-state index >= 15 is 0 Å². The van der Waals surface area contributed by atoms with Crippen LogP contribution < -0.4 is 15.9 Å². The van der Waals surface area contributed by atoms with Crippen molar-refractivity contribution < 1.29 is 0 Å². The number of pyridine rings is 1. The maximum Gasteiger partial charge on any atom is 0.0544 e. The number of rotatable bonds is 8. The summed E-state index contributed by atoms with van der Waals surface area (Å²) in [6, 6.07) is 28.6. The average molecular weight is 376 g/mol. The van der Waals surface area contributed by atoms with Gasteiger partial charge in [0.25, 0.3) is 0 Å². The molecule has 0 aliphatic rings. The van der Waals surface area contributed by atoms with E-state index in [0.717, 1.165) is 24.1 Å². The Balaban J connectivity index is 1.79. The quantitative estimate of drug-likeness (QED) is 0.580. The molecule has 3 heteroatoms. The van der Waals surface area contributed by atoms with Crippen molar-refractivity contribution in [2.45, 2.75) is 33.4 Å². The molecule has 0 fully saturated rings. The third kappa shape index (κ3) is 5.73. The van der Waals surface area contributed by atoms with Crippen molar-refractivity contribution in [3.8, 4) is 0 Å². The standard InChI is InChI=1S/C24H29N2P/c1-19(2)24(25-17-21-12-10-11-20(3)26-21)18-27(22-13-6-4-7-14-22)23-15-8-5-9-16-23/h4-16,19,24-25H,17-18H2,1-3H3/t24-/m1/s1. The number of hydrogen-bond acceptors (Lipinski definition) is 2. The molecule has 0 saturated carbocycles. The summed E-state index contributed by atoms with van der Waals surface area (Å²) in [6.45, 7) is 7.49. The van der Waals surface area contributed by atoms with Crippen LogP contribution in [-0.4, -0.2) is 17.2 Å². The molecule has 1 N–H and O–H groups in total. The molecule has 0 amide bonds. The molecule has 140 valence electrons. The van der Waals surface area contributed by atoms with Crippen LogP contribution >= 0.6 is 7.92 Å². The fraction of sp³-hybridized carbons (Fsp3) is 0.292. The molecule has 0 bridgehead atoms. The van der Waals surface area contributed by atoms with E-state index in [9.17, 15) is 0 Å². The van der Waals surface area contributed by atoms with Crippen molar-refractivity contribution >= 4 is 18.5 Å². The van der Waals surface area contributed by atoms with Gasteiger partial charge in [-0.3, -0.25) is 4.98 Å². The van der Waals surface area contributed by atoms with E-state index in [1.54, 1.807) is 0 Å². The highest BCUT2D eigenvalue weighted by Gasteiger charge is 2.21. The Morgan fingerprint density at radius 2 is 1.41 bits per heavy atom. The molecule has 1 atom stereocenters. The Morgan fingerprint density at radius 1 is 0.815 bits per heavy atom. The van der Waals surface area contributed by atoms with E-state index in [1.807, 2.05) is 13.0 Å². The Labute approximate surface area is 164 Å². The van der Waals surface area contributed by atoms with Gasteiger partial charge in [-0.25, -0.2) is 0 Å². The number of nitrogens with zero attached hydrogens (tertiary/aromatic N) is 1. The summed E-state index contributed by atoms with van der Waals surface area (Å²) in [5.41, 5.74) is 2.19. The molecule has 3 aromatic rings. The predicted molar refractivity (Wildman–Crippen MR) is 118 cm³/mol. The van der Waals surface area contributed by atoms with E-state index in [1.165, 1.54) is 10.6 Å². The van der Waals surface area contributed by atoms with Crippen LogP contribution in [-0.2, 0) is 6.54 Å². The Morgan fingerprint density at radius 3 is 1.93 bits per heavy atom. The Bertz CT molecular complexity index is 779. The number of aryl methyl sites for hydroxylation is 1. The molecule has 1 heterocycles. The van der Waals surface area contributed by atoms with E-state index in [4.69, 9.17) is 0 Å². The molecule has 0 radical (unpaired) electrons. The summed E-state index contributed by atoms with van der Waals surface area (Å²) < 4.78 is 0. The van der Waals surface area contributed by atoms with Gasteiger partial charge in [0.2, 0.25) is 0 Å². The van der Waals surface area contributed by atoms with E-state index < -0.39 is 7.92 Å². The first-order valence-corrected chi connectivity index (χ1v) is 11.2. The van der Waals surface area contributed by atoms with Crippen molar-refractivity contribution in [1.29, 1.82) is 0 Å². The van der Waals surface area contributed by atoms with Gasteiger partial charge in [0.1, 0.15) is 0 Å². The third-order valence-corrected chi connectivity index (χ3v) is 7.41. The monoisotopic (exact) mass is 376 g/mol. The van der Waals surface area contributed by atoms with Gasteiger partial charge in [-0.2, -0.15) is 0 Å². The first kappa shape index (κ1) is 19.7. The second-order valence-electron chi connectivity index (χ2n) is 7.28. The fourth-order valence-corrected chi connectivity index (χ4v) is 5.95. The van der Waals surface area contributed by atoms with Crippen LogP contribution in [0.1, 0.15) is 25.2 Å². The molecule has 1 aromatic heterocycles. The zero-order valence-corrected chi connectivity index (χ0v) is 17.4. The minimum Gasteiger partial charge on any atom is -0.308 e. The molecular formula is C24H29N2P. The fourth-order valence-electron chi connectivity index (χ4n) is 3.22. The third-order valence-electron chi connectivity index (χ3n) is 4.81. The SMILES string of the molecule is Cc1cccc(CN[C@H](CP(c2ccccc2)c2ccccc2)C(C)C)n1. The highest BCUT2D eigenvalue weighted by atomic mass is 31.1. The molecule has 3 rings (SSSR count). The van der Waals surface area contributed by atoms with Crippen LogP contribution in [0, 0.1) is 12.8 Å². The van der Waals surface area contributed by atoms with Crippen LogP contribution in [0.15, 0.2) is 78.9 Å². The molecular weight excluding hydrogens is 347 g/mol. The highest BCUT2D eigenvalue weighted by Crippen LogP contribution is 2.35. The first-order valence-electron chi connectivity index (χ1n) is 9.67. The second kappa shape index (κ2) is 9.78. The molecule has 0 saturated heterocycles. The van der Waals surface area contributed by atoms with Gasteiger partial charge in [-0.1, -0.05) is 80.6 Å². The summed E-state index contributed by atoms with van der Waals surface area (Å²) >= 11 is 0. The lowest BCUT2D eigenvalue weighted by molar-refractivity contribution is 0.428. The summed E-state index contributed by atoms with van der Waals surface area (Å²) in [5.74, 6) is 0.562. The zero-order valence-electron chi connectivity index (χ0n) is 16.5. The zero-order chi connectivity index (χ0) is 19.1. The lowest BCUT2D eigenvalue weighted by Crippen LogP contribution is -2.38. The normalized spacial score (nSPS) is 12.5. The van der Waals surface area contributed by atoms with Gasteiger partial charge in [0.15, 0.2) is 0 Å². The van der Waals surface area contributed by atoms with E-state index in [0.29, 0.717) is 12.0 Å². The van der Waals surface area contributed by atoms with Gasteiger partial charge in [-0.05, 0) is 49.7 Å². The molecule has 2 aromatic carbocycles. The van der Waals surface area contributed by atoms with Crippen molar-refractivity contribution in [3.05, 3.63) is 90.3 Å². The van der Waals surface area contributed by atoms with Crippen LogP contribution in [0.25, 0.3) is 0 Å². The molecule has 0 spiro atoms. The van der Waals surface area contributed by atoms with Gasteiger partial charge >= 0.3 is 0 Å². The van der Waals surface area contributed by atoms with Gasteiger partial charge in [-0.15, -0.1) is 0 Å². The number of benzene rings is 2. The largest absolute Gasteiger partial charge is 0.308 e. The molecule has 2 nitrogen and oxygen atoms in total. The molecule has 0 unspecified atom stereocenters. The average Bonchev–Trinajstić information content (AvgIpc) is 2.69. The van der Waals surface area contributed by atoms with Crippen molar-refractivity contribution in [2.24, 2.45) is 5.92 Å². The van der Waals surface area contributed by atoms with E-state index in [-0.39, 0.29) is 0 Å². The lowest BCUT2D eigenvalue weighted by Gasteiger charge is -2.28. The van der Waals surface area contributed by atoms with Crippen LogP contribution in [0.4, 0.5) is 0 Å². The Kier molecular flexibility index (Phi) is 7.15. The highest BCUT2D eigenvalue weighted by molar-refractivity contribution is 7.73. The van der Waals surface area contributed by atoms with Gasteiger partial charge in [0, 0.05) is 18.3 Å². The van der Waals surface area contributed by atoms with Crippen LogP contribution in [0.5, 0.6) is 0 Å². The summed E-state index contributed by atoms with van der Waals surface area (Å²) in [4.78, 5) is 4.64. The molecule has 0 aliphatic carbocycles. The smallest absolute Gasteiger partial charge is 0.0544 e. The maximum atomic E-state index is 4.64. The predicted octanol–water partition coefficient (Wildman–Crippen LogP) is 4.64. The van der Waals surface area contributed by atoms with Crippen molar-refractivity contribution in [2.75, 3.05) is 6.16 Å². The van der Waals surface area contributed by atoms with Gasteiger partial charge < -0.3 is 5.32 Å².